The largest absolute Gasteiger partial charge is 0.462 e. The van der Waals surface area contributed by atoms with Crippen LogP contribution in [-0.4, -0.2) is 38.2 Å². The summed E-state index contributed by atoms with van der Waals surface area (Å²) in [6.07, 6.45) is 0.448. The predicted octanol–water partition coefficient (Wildman–Crippen LogP) is 1.17. The smallest absolute Gasteiger partial charge is 0.338 e. The molecule has 1 atom stereocenters. The molecule has 0 aliphatic carbocycles. The number of esters is 1. The van der Waals surface area contributed by atoms with E-state index in [1.165, 1.54) is 0 Å². The second-order valence-corrected chi connectivity index (χ2v) is 4.18. The van der Waals surface area contributed by atoms with Crippen molar-refractivity contribution in [3.63, 3.8) is 0 Å². The van der Waals surface area contributed by atoms with Gasteiger partial charge in [-0.05, 0) is 37.6 Å². The fourth-order valence-electron chi connectivity index (χ4n) is 1.51. The van der Waals surface area contributed by atoms with E-state index in [0.29, 0.717) is 30.9 Å². The first-order valence-electron chi connectivity index (χ1n) is 6.41. The van der Waals surface area contributed by atoms with Crippen molar-refractivity contribution in [2.24, 2.45) is 5.73 Å². The van der Waals surface area contributed by atoms with E-state index in [9.17, 15) is 9.59 Å². The lowest BCUT2D eigenvalue weighted by atomic mass is 10.2. The lowest BCUT2D eigenvalue weighted by Gasteiger charge is -2.12. The van der Waals surface area contributed by atoms with Crippen LogP contribution in [0.25, 0.3) is 0 Å². The van der Waals surface area contributed by atoms with Gasteiger partial charge in [-0.15, -0.1) is 0 Å². The maximum atomic E-state index is 11.8. The summed E-state index contributed by atoms with van der Waals surface area (Å²) in [4.78, 5) is 23.2. The van der Waals surface area contributed by atoms with Crippen LogP contribution in [0, 0.1) is 0 Å². The van der Waals surface area contributed by atoms with Gasteiger partial charge in [0.1, 0.15) is 0 Å². The Balaban J connectivity index is 2.56. The standard InChI is InChI=1S/C14H20N2O4/c1-3-20-14(18)10-4-6-11(7-5-10)16-13(17)12(15)8-9-19-2/h4-7,12H,3,8-9,15H2,1-2H3,(H,16,17). The molecule has 3 N–H and O–H groups in total. The molecule has 0 spiro atoms. The number of amides is 1. The fourth-order valence-corrected chi connectivity index (χ4v) is 1.51. The van der Waals surface area contributed by atoms with E-state index >= 15 is 0 Å². The van der Waals surface area contributed by atoms with Crippen LogP contribution < -0.4 is 11.1 Å². The van der Waals surface area contributed by atoms with Crippen LogP contribution in [0.15, 0.2) is 24.3 Å². The number of benzene rings is 1. The van der Waals surface area contributed by atoms with Crippen molar-refractivity contribution in [1.29, 1.82) is 0 Å². The minimum atomic E-state index is -0.625. The third-order valence-corrected chi connectivity index (χ3v) is 2.63. The van der Waals surface area contributed by atoms with Gasteiger partial charge in [0.2, 0.25) is 5.91 Å². The summed E-state index contributed by atoms with van der Waals surface area (Å²) < 4.78 is 9.74. The quantitative estimate of drug-likeness (QED) is 0.731. The Bertz CT molecular complexity index is 445. The number of nitrogens with one attached hydrogen (secondary N) is 1. The molecule has 1 amide bonds. The van der Waals surface area contributed by atoms with E-state index < -0.39 is 6.04 Å². The number of carbonyl (C=O) groups is 2. The average molecular weight is 280 g/mol. The Morgan fingerprint density at radius 3 is 2.50 bits per heavy atom. The monoisotopic (exact) mass is 280 g/mol. The van der Waals surface area contributed by atoms with Gasteiger partial charge >= 0.3 is 5.97 Å². The molecule has 1 aromatic carbocycles. The normalized spacial score (nSPS) is 11.8. The van der Waals surface area contributed by atoms with E-state index in [2.05, 4.69) is 5.32 Å². The maximum absolute atomic E-state index is 11.8. The third kappa shape index (κ3) is 4.99. The Hall–Kier alpha value is -1.92. The number of ether oxygens (including phenoxy) is 2. The van der Waals surface area contributed by atoms with Crippen molar-refractivity contribution in [1.82, 2.24) is 0 Å². The summed E-state index contributed by atoms with van der Waals surface area (Å²) in [6.45, 7) is 2.50. The number of hydrogen-bond donors (Lipinski definition) is 2. The lowest BCUT2D eigenvalue weighted by Crippen LogP contribution is -2.36. The van der Waals surface area contributed by atoms with E-state index in [4.69, 9.17) is 15.2 Å². The van der Waals surface area contributed by atoms with Crippen molar-refractivity contribution >= 4 is 17.6 Å². The van der Waals surface area contributed by atoms with Crippen LogP contribution in [0.3, 0.4) is 0 Å². The first kappa shape index (κ1) is 16.1. The van der Waals surface area contributed by atoms with Crippen molar-refractivity contribution < 1.29 is 19.1 Å². The predicted molar refractivity (Wildman–Crippen MR) is 75.5 cm³/mol. The highest BCUT2D eigenvalue weighted by molar-refractivity contribution is 5.95. The van der Waals surface area contributed by atoms with Gasteiger partial charge in [0, 0.05) is 19.4 Å². The van der Waals surface area contributed by atoms with Crippen LogP contribution in [0.5, 0.6) is 0 Å². The summed E-state index contributed by atoms with van der Waals surface area (Å²) in [7, 11) is 1.55. The van der Waals surface area contributed by atoms with Crippen molar-refractivity contribution in [2.75, 3.05) is 25.6 Å². The zero-order valence-electron chi connectivity index (χ0n) is 11.7. The second kappa shape index (κ2) is 8.29. The number of hydrogen-bond acceptors (Lipinski definition) is 5. The molecule has 0 heterocycles. The van der Waals surface area contributed by atoms with Crippen LogP contribution in [0.1, 0.15) is 23.7 Å². The molecule has 1 aromatic rings. The molecule has 0 bridgehead atoms. The highest BCUT2D eigenvalue weighted by Gasteiger charge is 2.13. The first-order chi connectivity index (χ1) is 9.58. The first-order valence-corrected chi connectivity index (χ1v) is 6.41. The molecule has 110 valence electrons. The molecule has 20 heavy (non-hydrogen) atoms. The lowest BCUT2D eigenvalue weighted by molar-refractivity contribution is -0.117. The van der Waals surface area contributed by atoms with Gasteiger partial charge in [-0.3, -0.25) is 4.79 Å². The van der Waals surface area contributed by atoms with Crippen LogP contribution in [0.2, 0.25) is 0 Å². The molecule has 0 radical (unpaired) electrons. The van der Waals surface area contributed by atoms with E-state index in [0.717, 1.165) is 0 Å². The minimum absolute atomic E-state index is 0.286. The SMILES string of the molecule is CCOC(=O)c1ccc(NC(=O)C(N)CCOC)cc1. The van der Waals surface area contributed by atoms with E-state index in [-0.39, 0.29) is 11.9 Å². The second-order valence-electron chi connectivity index (χ2n) is 4.18. The summed E-state index contributed by atoms with van der Waals surface area (Å²) in [5.41, 5.74) is 6.72. The summed E-state index contributed by atoms with van der Waals surface area (Å²) in [6, 6.07) is 5.82. The van der Waals surface area contributed by atoms with Crippen LogP contribution in [0.4, 0.5) is 5.69 Å². The molecule has 0 saturated carbocycles. The van der Waals surface area contributed by atoms with Crippen LogP contribution >= 0.6 is 0 Å². The van der Waals surface area contributed by atoms with Crippen molar-refractivity contribution in [3.8, 4) is 0 Å². The summed E-state index contributed by atoms with van der Waals surface area (Å²) in [5.74, 6) is -0.673. The van der Waals surface area contributed by atoms with Gasteiger partial charge in [-0.2, -0.15) is 0 Å². The molecule has 0 saturated heterocycles. The summed E-state index contributed by atoms with van der Waals surface area (Å²) in [5, 5.41) is 2.68. The van der Waals surface area contributed by atoms with Crippen molar-refractivity contribution in [2.45, 2.75) is 19.4 Å². The van der Waals surface area contributed by atoms with Gasteiger partial charge < -0.3 is 20.5 Å². The Labute approximate surface area is 118 Å². The zero-order chi connectivity index (χ0) is 15.0. The Morgan fingerprint density at radius 1 is 1.30 bits per heavy atom. The fraction of sp³-hybridized carbons (Fsp3) is 0.429. The van der Waals surface area contributed by atoms with E-state index in [1.807, 2.05) is 0 Å². The molecule has 1 rings (SSSR count). The molecular weight excluding hydrogens is 260 g/mol. The topological polar surface area (TPSA) is 90.7 Å². The highest BCUT2D eigenvalue weighted by Crippen LogP contribution is 2.11. The summed E-state index contributed by atoms with van der Waals surface area (Å²) >= 11 is 0. The van der Waals surface area contributed by atoms with Crippen molar-refractivity contribution in [3.05, 3.63) is 29.8 Å². The van der Waals surface area contributed by atoms with E-state index in [1.54, 1.807) is 38.3 Å². The van der Waals surface area contributed by atoms with Gasteiger partial charge in [-0.1, -0.05) is 0 Å². The maximum Gasteiger partial charge on any atom is 0.338 e. The van der Waals surface area contributed by atoms with Gasteiger partial charge in [0.05, 0.1) is 18.2 Å². The minimum Gasteiger partial charge on any atom is -0.462 e. The Kier molecular flexibility index (Phi) is 6.69. The van der Waals surface area contributed by atoms with Gasteiger partial charge in [0.25, 0.3) is 0 Å². The zero-order valence-corrected chi connectivity index (χ0v) is 11.7. The molecule has 0 aromatic heterocycles. The average Bonchev–Trinajstić information content (AvgIpc) is 2.45. The highest BCUT2D eigenvalue weighted by atomic mass is 16.5. The molecule has 0 aliphatic heterocycles. The molecule has 0 fully saturated rings. The molecule has 6 nitrogen and oxygen atoms in total. The van der Waals surface area contributed by atoms with Gasteiger partial charge in [-0.25, -0.2) is 4.79 Å². The molecule has 1 unspecified atom stereocenters. The molecule has 0 aliphatic rings. The van der Waals surface area contributed by atoms with Gasteiger partial charge in [0.15, 0.2) is 0 Å². The number of carbonyl (C=O) groups excluding carboxylic acids is 2. The third-order valence-electron chi connectivity index (χ3n) is 2.63. The molecule has 6 heteroatoms. The van der Waals surface area contributed by atoms with Crippen LogP contribution in [-0.2, 0) is 14.3 Å². The Morgan fingerprint density at radius 2 is 1.95 bits per heavy atom. The number of methoxy groups -OCH3 is 1. The number of nitrogens with two attached hydrogens (primary N) is 1. The number of anilines is 1. The molecular formula is C14H20N2O4. The number of rotatable bonds is 7.